The lowest BCUT2D eigenvalue weighted by Gasteiger charge is -2.45. The number of rotatable bonds is 2. The molecule has 4 aliphatic rings. The number of aliphatic hydroxyl groups excluding tert-OH is 2. The van der Waals surface area contributed by atoms with E-state index in [1.54, 1.807) is 0 Å². The van der Waals surface area contributed by atoms with E-state index < -0.39 is 0 Å². The van der Waals surface area contributed by atoms with Crippen LogP contribution in [-0.2, 0) is 6.54 Å². The van der Waals surface area contributed by atoms with E-state index >= 15 is 0 Å². The molecule has 3 heteroatoms. The molecule has 0 radical (unpaired) electrons. The SMILES string of the molecule is O[C@@H]1[C@@H]2C[C@H]3[C@H]4C[C@H]([C@H](O)[C@@H]42)N(Cc2ccccc2)[C@@H]13. The highest BCUT2D eigenvalue weighted by atomic mass is 16.3. The van der Waals surface area contributed by atoms with Gasteiger partial charge in [-0.1, -0.05) is 30.3 Å². The maximum atomic E-state index is 10.7. The van der Waals surface area contributed by atoms with Gasteiger partial charge in [0, 0.05) is 18.6 Å². The number of piperidine rings is 1. The summed E-state index contributed by atoms with van der Waals surface area (Å²) in [5.74, 6) is 2.03. The number of nitrogens with zero attached hydrogens (tertiary/aromatic N) is 1. The van der Waals surface area contributed by atoms with E-state index in [1.807, 2.05) is 6.07 Å². The lowest BCUT2D eigenvalue weighted by molar-refractivity contribution is -0.0448. The fourth-order valence-corrected chi connectivity index (χ4v) is 6.04. The van der Waals surface area contributed by atoms with Crippen molar-refractivity contribution >= 4 is 0 Å². The van der Waals surface area contributed by atoms with E-state index in [-0.39, 0.29) is 24.3 Å². The highest BCUT2D eigenvalue weighted by molar-refractivity contribution is 5.23. The summed E-state index contributed by atoms with van der Waals surface area (Å²) in [6, 6.07) is 11.0. The van der Waals surface area contributed by atoms with Gasteiger partial charge >= 0.3 is 0 Å². The van der Waals surface area contributed by atoms with Crippen molar-refractivity contribution in [1.82, 2.24) is 4.90 Å². The van der Waals surface area contributed by atoms with Crippen molar-refractivity contribution < 1.29 is 10.2 Å². The van der Waals surface area contributed by atoms with Crippen LogP contribution in [-0.4, -0.2) is 39.4 Å². The molecule has 0 amide bonds. The Morgan fingerprint density at radius 2 is 1.75 bits per heavy atom. The van der Waals surface area contributed by atoms with Crippen molar-refractivity contribution in [3.05, 3.63) is 35.9 Å². The first-order chi connectivity index (χ1) is 9.75. The fraction of sp³-hybridized carbons (Fsp3) is 0.647. The van der Waals surface area contributed by atoms with Crippen LogP contribution in [0, 0.1) is 23.7 Å². The zero-order valence-corrected chi connectivity index (χ0v) is 11.5. The van der Waals surface area contributed by atoms with Crippen LogP contribution in [0.1, 0.15) is 18.4 Å². The Kier molecular flexibility index (Phi) is 2.25. The Balaban J connectivity index is 1.53. The van der Waals surface area contributed by atoms with E-state index in [0.717, 1.165) is 19.4 Å². The molecule has 0 spiro atoms. The average molecular weight is 271 g/mol. The Morgan fingerprint density at radius 3 is 2.55 bits per heavy atom. The van der Waals surface area contributed by atoms with E-state index in [1.165, 1.54) is 5.56 Å². The lowest BCUT2D eigenvalue weighted by atomic mass is 9.76. The van der Waals surface area contributed by atoms with Crippen LogP contribution < -0.4 is 0 Å². The number of aliphatic hydroxyl groups is 2. The smallest absolute Gasteiger partial charge is 0.0730 e. The van der Waals surface area contributed by atoms with Crippen LogP contribution in [0.2, 0.25) is 0 Å². The molecule has 0 aromatic heterocycles. The molecule has 4 bridgehead atoms. The molecular formula is C17H21NO2. The predicted octanol–water partition coefficient (Wildman–Crippen LogP) is 1.25. The highest BCUT2D eigenvalue weighted by Gasteiger charge is 2.69. The van der Waals surface area contributed by atoms with Crippen molar-refractivity contribution in [3.8, 4) is 0 Å². The zero-order valence-electron chi connectivity index (χ0n) is 11.5. The van der Waals surface area contributed by atoms with Gasteiger partial charge in [-0.25, -0.2) is 0 Å². The molecule has 106 valence electrons. The second-order valence-corrected chi connectivity index (χ2v) is 7.24. The third-order valence-corrected chi connectivity index (χ3v) is 6.63. The van der Waals surface area contributed by atoms with Gasteiger partial charge < -0.3 is 10.2 Å². The molecule has 3 nitrogen and oxygen atoms in total. The number of fused-ring (bicyclic) bond motifs is 3. The van der Waals surface area contributed by atoms with Gasteiger partial charge in [0.05, 0.1) is 12.2 Å². The first-order valence-electron chi connectivity index (χ1n) is 7.91. The second-order valence-electron chi connectivity index (χ2n) is 7.24. The molecule has 1 aromatic rings. The minimum absolute atomic E-state index is 0.218. The van der Waals surface area contributed by atoms with E-state index in [2.05, 4.69) is 29.2 Å². The van der Waals surface area contributed by atoms with Gasteiger partial charge in [-0.05, 0) is 42.1 Å². The maximum absolute atomic E-state index is 10.7. The largest absolute Gasteiger partial charge is 0.391 e. The van der Waals surface area contributed by atoms with E-state index in [0.29, 0.717) is 23.7 Å². The molecular weight excluding hydrogens is 250 g/mol. The van der Waals surface area contributed by atoms with E-state index in [4.69, 9.17) is 0 Å². The Bertz CT molecular complexity index is 533. The van der Waals surface area contributed by atoms with Gasteiger partial charge in [0.1, 0.15) is 0 Å². The van der Waals surface area contributed by atoms with Gasteiger partial charge in [-0.2, -0.15) is 0 Å². The van der Waals surface area contributed by atoms with Crippen molar-refractivity contribution in [3.63, 3.8) is 0 Å². The van der Waals surface area contributed by atoms with Crippen LogP contribution in [0.25, 0.3) is 0 Å². The molecule has 2 N–H and O–H groups in total. The third-order valence-electron chi connectivity index (χ3n) is 6.63. The van der Waals surface area contributed by atoms with Crippen LogP contribution in [0.3, 0.4) is 0 Å². The van der Waals surface area contributed by atoms with Crippen molar-refractivity contribution in [2.24, 2.45) is 23.7 Å². The molecule has 4 fully saturated rings. The number of hydrogen-bond acceptors (Lipinski definition) is 3. The van der Waals surface area contributed by atoms with Gasteiger partial charge in [0.2, 0.25) is 0 Å². The summed E-state index contributed by atoms with van der Waals surface area (Å²) >= 11 is 0. The molecule has 1 aromatic carbocycles. The lowest BCUT2D eigenvalue weighted by Crippen LogP contribution is -2.55. The fourth-order valence-electron chi connectivity index (χ4n) is 6.04. The van der Waals surface area contributed by atoms with E-state index in [9.17, 15) is 10.2 Å². The van der Waals surface area contributed by atoms with Crippen molar-refractivity contribution in [1.29, 1.82) is 0 Å². The molecule has 3 saturated carbocycles. The van der Waals surface area contributed by atoms with Crippen LogP contribution in [0.4, 0.5) is 0 Å². The summed E-state index contributed by atoms with van der Waals surface area (Å²) in [6.07, 6.45) is 1.84. The molecule has 0 unspecified atom stereocenters. The zero-order chi connectivity index (χ0) is 13.4. The summed E-state index contributed by atoms with van der Waals surface area (Å²) in [7, 11) is 0. The number of likely N-dealkylation sites (tertiary alicyclic amines) is 1. The molecule has 20 heavy (non-hydrogen) atoms. The topological polar surface area (TPSA) is 43.7 Å². The minimum Gasteiger partial charge on any atom is -0.391 e. The minimum atomic E-state index is -0.221. The maximum Gasteiger partial charge on any atom is 0.0730 e. The number of benzene rings is 1. The summed E-state index contributed by atoms with van der Waals surface area (Å²) < 4.78 is 0. The molecule has 8 atom stereocenters. The summed E-state index contributed by atoms with van der Waals surface area (Å²) in [6.45, 7) is 0.868. The average Bonchev–Trinajstić information content (AvgIpc) is 3.06. The van der Waals surface area contributed by atoms with Crippen LogP contribution in [0.15, 0.2) is 30.3 Å². The highest BCUT2D eigenvalue weighted by Crippen LogP contribution is 2.64. The summed E-state index contributed by atoms with van der Waals surface area (Å²) in [4.78, 5) is 2.43. The molecule has 3 aliphatic carbocycles. The quantitative estimate of drug-likeness (QED) is 0.851. The Labute approximate surface area is 119 Å². The first-order valence-corrected chi connectivity index (χ1v) is 7.91. The molecule has 5 rings (SSSR count). The van der Waals surface area contributed by atoms with Gasteiger partial charge in [-0.3, -0.25) is 4.90 Å². The van der Waals surface area contributed by atoms with Crippen LogP contribution in [0.5, 0.6) is 0 Å². The predicted molar refractivity (Wildman–Crippen MR) is 74.8 cm³/mol. The second kappa shape index (κ2) is 3.85. The monoisotopic (exact) mass is 271 g/mol. The van der Waals surface area contributed by atoms with Gasteiger partial charge in [0.25, 0.3) is 0 Å². The van der Waals surface area contributed by atoms with Crippen molar-refractivity contribution in [2.45, 2.75) is 43.7 Å². The first kappa shape index (κ1) is 11.7. The molecule has 1 aliphatic heterocycles. The standard InChI is InChI=1S/C17H21NO2/c19-16-12-6-11-10-7-13(17(20)14(10)12)18(15(11)16)8-9-4-2-1-3-5-9/h1-5,10-17,19-20H,6-8H2/t10-,11+,12-,13-,14+,15-,16-,17+/m1/s1. The van der Waals surface area contributed by atoms with Crippen molar-refractivity contribution in [2.75, 3.05) is 0 Å². The molecule has 1 saturated heterocycles. The third kappa shape index (κ3) is 1.27. The Hall–Kier alpha value is -0.900. The summed E-state index contributed by atoms with van der Waals surface area (Å²) in [5, 5.41) is 21.3. The van der Waals surface area contributed by atoms with Gasteiger partial charge in [0.15, 0.2) is 0 Å². The summed E-state index contributed by atoms with van der Waals surface area (Å²) in [5.41, 5.74) is 1.29. The van der Waals surface area contributed by atoms with Crippen LogP contribution >= 0.6 is 0 Å². The Morgan fingerprint density at radius 1 is 0.950 bits per heavy atom. The normalized spacial score (nSPS) is 52.1. The molecule has 1 heterocycles. The van der Waals surface area contributed by atoms with Gasteiger partial charge in [-0.15, -0.1) is 0 Å². The number of hydrogen-bond donors (Lipinski definition) is 2.